The topological polar surface area (TPSA) is 63.9 Å². The summed E-state index contributed by atoms with van der Waals surface area (Å²) in [6.45, 7) is 5.64. The highest BCUT2D eigenvalue weighted by Gasteiger charge is 2.08. The molecule has 0 fully saturated rings. The van der Waals surface area contributed by atoms with Gasteiger partial charge in [0.25, 0.3) is 0 Å². The first-order chi connectivity index (χ1) is 12.6. The molecule has 0 amide bonds. The summed E-state index contributed by atoms with van der Waals surface area (Å²) in [5.41, 5.74) is 0. The van der Waals surface area contributed by atoms with E-state index in [-0.39, 0.29) is 6.61 Å². The van der Waals surface area contributed by atoms with E-state index in [4.69, 9.17) is 0 Å². The van der Waals surface area contributed by atoms with Gasteiger partial charge in [-0.3, -0.25) is 4.90 Å². The van der Waals surface area contributed by atoms with Gasteiger partial charge in [-0.1, -0.05) is 65.2 Å². The standard InChI is InChI=1S/C22H43NO3/c1-3-5-7-9-11-13-15-21(25)19-23(17-18-24)20-22(26)16-14-12-10-8-6-4-2/h15-16,24-26H,3-14,17-20H2,1-2H3/b21-15-,22-16-. The van der Waals surface area contributed by atoms with Crippen LogP contribution in [0, 0.1) is 0 Å². The first kappa shape index (κ1) is 25.0. The van der Waals surface area contributed by atoms with E-state index >= 15 is 0 Å². The maximum Gasteiger partial charge on any atom is 0.102 e. The minimum absolute atomic E-state index is 0.0224. The fraction of sp³-hybridized carbons (Fsp3) is 0.818. The molecular weight excluding hydrogens is 326 g/mol. The molecule has 0 atom stereocenters. The summed E-state index contributed by atoms with van der Waals surface area (Å²) in [5.74, 6) is 0.669. The van der Waals surface area contributed by atoms with Gasteiger partial charge in [0, 0.05) is 6.54 Å². The van der Waals surface area contributed by atoms with Gasteiger partial charge in [0.1, 0.15) is 11.5 Å². The van der Waals surface area contributed by atoms with Crippen LogP contribution in [-0.2, 0) is 0 Å². The van der Waals surface area contributed by atoms with Crippen LogP contribution in [0.3, 0.4) is 0 Å². The number of aliphatic hydroxyl groups excluding tert-OH is 3. The largest absolute Gasteiger partial charge is 0.511 e. The number of nitrogens with zero attached hydrogens (tertiary/aromatic N) is 1. The summed E-state index contributed by atoms with van der Waals surface area (Å²) in [5, 5.41) is 29.4. The van der Waals surface area contributed by atoms with Crippen LogP contribution in [0.2, 0.25) is 0 Å². The van der Waals surface area contributed by atoms with Crippen molar-refractivity contribution in [2.24, 2.45) is 0 Å². The Morgan fingerprint density at radius 3 is 1.50 bits per heavy atom. The first-order valence-electron chi connectivity index (χ1n) is 10.7. The Morgan fingerprint density at radius 1 is 0.692 bits per heavy atom. The van der Waals surface area contributed by atoms with Crippen LogP contribution < -0.4 is 0 Å². The van der Waals surface area contributed by atoms with E-state index in [1.165, 1.54) is 51.4 Å². The minimum Gasteiger partial charge on any atom is -0.511 e. The molecular formula is C22H43NO3. The lowest BCUT2D eigenvalue weighted by Gasteiger charge is -2.20. The van der Waals surface area contributed by atoms with Crippen molar-refractivity contribution >= 4 is 0 Å². The average molecular weight is 370 g/mol. The molecule has 26 heavy (non-hydrogen) atoms. The molecule has 0 saturated carbocycles. The number of hydrogen-bond donors (Lipinski definition) is 3. The summed E-state index contributed by atoms with van der Waals surface area (Å²) in [6.07, 6.45) is 17.7. The third kappa shape index (κ3) is 16.5. The van der Waals surface area contributed by atoms with E-state index in [1.807, 2.05) is 17.1 Å². The average Bonchev–Trinajstić information content (AvgIpc) is 2.61. The van der Waals surface area contributed by atoms with Crippen LogP contribution in [-0.4, -0.2) is 46.5 Å². The lowest BCUT2D eigenvalue weighted by molar-refractivity contribution is 0.182. The number of unbranched alkanes of at least 4 members (excludes halogenated alkanes) is 10. The summed E-state index contributed by atoms with van der Waals surface area (Å²) in [7, 11) is 0. The highest BCUT2D eigenvalue weighted by Crippen LogP contribution is 2.09. The van der Waals surface area contributed by atoms with Crippen molar-refractivity contribution in [1.82, 2.24) is 4.90 Å². The van der Waals surface area contributed by atoms with Gasteiger partial charge in [0.2, 0.25) is 0 Å². The van der Waals surface area contributed by atoms with Crippen molar-refractivity contribution in [3.8, 4) is 0 Å². The van der Waals surface area contributed by atoms with Crippen molar-refractivity contribution < 1.29 is 15.3 Å². The predicted octanol–water partition coefficient (Wildman–Crippen LogP) is 5.89. The second kappa shape index (κ2) is 18.8. The smallest absolute Gasteiger partial charge is 0.102 e. The molecule has 0 saturated heterocycles. The molecule has 0 aliphatic heterocycles. The summed E-state index contributed by atoms with van der Waals surface area (Å²) >= 11 is 0. The molecule has 0 aromatic rings. The van der Waals surface area contributed by atoms with Gasteiger partial charge in [0.15, 0.2) is 0 Å². The zero-order chi connectivity index (χ0) is 19.5. The third-order valence-corrected chi connectivity index (χ3v) is 4.56. The fourth-order valence-corrected chi connectivity index (χ4v) is 2.98. The Labute approximate surface area is 161 Å². The van der Waals surface area contributed by atoms with Gasteiger partial charge in [0.05, 0.1) is 19.7 Å². The zero-order valence-corrected chi connectivity index (χ0v) is 17.3. The van der Waals surface area contributed by atoms with Crippen molar-refractivity contribution in [2.75, 3.05) is 26.2 Å². The second-order valence-corrected chi connectivity index (χ2v) is 7.23. The summed E-state index contributed by atoms with van der Waals surface area (Å²) in [4.78, 5) is 1.88. The number of rotatable bonds is 18. The lowest BCUT2D eigenvalue weighted by Crippen LogP contribution is -2.31. The molecule has 154 valence electrons. The predicted molar refractivity (Wildman–Crippen MR) is 112 cm³/mol. The lowest BCUT2D eigenvalue weighted by atomic mass is 10.1. The third-order valence-electron chi connectivity index (χ3n) is 4.56. The Bertz CT molecular complexity index is 334. The van der Waals surface area contributed by atoms with E-state index in [0.717, 1.165) is 25.7 Å². The summed E-state index contributed by atoms with van der Waals surface area (Å²) < 4.78 is 0. The molecule has 4 nitrogen and oxygen atoms in total. The van der Waals surface area contributed by atoms with Crippen LogP contribution >= 0.6 is 0 Å². The molecule has 3 N–H and O–H groups in total. The van der Waals surface area contributed by atoms with Crippen molar-refractivity contribution in [3.63, 3.8) is 0 Å². The molecule has 0 aliphatic carbocycles. The number of allylic oxidation sites excluding steroid dienone is 2. The molecule has 0 radical (unpaired) electrons. The quantitative estimate of drug-likeness (QED) is 0.208. The van der Waals surface area contributed by atoms with Gasteiger partial charge in [-0.25, -0.2) is 0 Å². The molecule has 4 heteroatoms. The molecule has 0 bridgehead atoms. The van der Waals surface area contributed by atoms with E-state index in [2.05, 4.69) is 13.8 Å². The van der Waals surface area contributed by atoms with E-state index in [9.17, 15) is 15.3 Å². The molecule has 0 aromatic carbocycles. The Morgan fingerprint density at radius 2 is 1.12 bits per heavy atom. The van der Waals surface area contributed by atoms with Crippen molar-refractivity contribution in [3.05, 3.63) is 23.7 Å². The van der Waals surface area contributed by atoms with Gasteiger partial charge in [-0.2, -0.15) is 0 Å². The highest BCUT2D eigenvalue weighted by molar-refractivity contribution is 4.98. The molecule has 0 unspecified atom stereocenters. The Balaban J connectivity index is 4.11. The van der Waals surface area contributed by atoms with Gasteiger partial charge in [-0.05, 0) is 37.8 Å². The van der Waals surface area contributed by atoms with Gasteiger partial charge >= 0.3 is 0 Å². The van der Waals surface area contributed by atoms with Crippen LogP contribution in [0.4, 0.5) is 0 Å². The SMILES string of the molecule is CCCCCCC/C=C(\O)CN(CCO)C/C(O)=C/CCCCCCC. The van der Waals surface area contributed by atoms with Crippen LogP contribution in [0.5, 0.6) is 0 Å². The molecule has 0 spiro atoms. The van der Waals surface area contributed by atoms with Crippen molar-refractivity contribution in [2.45, 2.75) is 90.9 Å². The summed E-state index contributed by atoms with van der Waals surface area (Å²) in [6, 6.07) is 0. The molecule has 0 heterocycles. The van der Waals surface area contributed by atoms with Crippen LogP contribution in [0.15, 0.2) is 23.7 Å². The van der Waals surface area contributed by atoms with Crippen molar-refractivity contribution in [1.29, 1.82) is 0 Å². The van der Waals surface area contributed by atoms with Crippen LogP contribution in [0.25, 0.3) is 0 Å². The van der Waals surface area contributed by atoms with E-state index in [1.54, 1.807) is 0 Å². The van der Waals surface area contributed by atoms with Gasteiger partial charge in [-0.15, -0.1) is 0 Å². The van der Waals surface area contributed by atoms with Gasteiger partial charge < -0.3 is 15.3 Å². The highest BCUT2D eigenvalue weighted by atomic mass is 16.3. The Hall–Kier alpha value is -1.00. The molecule has 0 aromatic heterocycles. The normalized spacial score (nSPS) is 12.9. The van der Waals surface area contributed by atoms with Crippen LogP contribution in [0.1, 0.15) is 90.9 Å². The monoisotopic (exact) mass is 369 g/mol. The number of hydrogen-bond acceptors (Lipinski definition) is 4. The number of aliphatic hydroxyl groups is 3. The fourth-order valence-electron chi connectivity index (χ4n) is 2.98. The molecule has 0 aliphatic rings. The zero-order valence-electron chi connectivity index (χ0n) is 17.3. The maximum atomic E-state index is 10.1. The van der Waals surface area contributed by atoms with E-state index < -0.39 is 0 Å². The first-order valence-corrected chi connectivity index (χ1v) is 10.7. The second-order valence-electron chi connectivity index (χ2n) is 7.23. The Kier molecular flexibility index (Phi) is 18.1. The minimum atomic E-state index is 0.0224. The molecule has 0 rings (SSSR count). The van der Waals surface area contributed by atoms with E-state index in [0.29, 0.717) is 31.2 Å². The maximum absolute atomic E-state index is 10.1.